The molecule has 1 aliphatic heterocycles. The summed E-state index contributed by atoms with van der Waals surface area (Å²) in [7, 11) is 1.55. The normalized spacial score (nSPS) is 18.0. The lowest BCUT2D eigenvalue weighted by atomic mass is 9.73. The molecule has 1 unspecified atom stereocenters. The minimum absolute atomic E-state index is 0.163. The molecule has 1 aliphatic carbocycles. The molecule has 0 radical (unpaired) electrons. The third-order valence-corrected chi connectivity index (χ3v) is 11.3. The van der Waals surface area contributed by atoms with Gasteiger partial charge in [-0.05, 0) is 69.4 Å². The van der Waals surface area contributed by atoms with Crippen molar-refractivity contribution in [3.8, 4) is 11.8 Å². The third-order valence-electron chi connectivity index (χ3n) is 7.92. The Morgan fingerprint density at radius 2 is 1.91 bits per heavy atom. The lowest BCUT2D eigenvalue weighted by molar-refractivity contribution is -0.115. The molecule has 6 N–H and O–H groups in total. The van der Waals surface area contributed by atoms with E-state index in [0.717, 1.165) is 30.4 Å². The number of hydrogen-bond donors (Lipinski definition) is 4. The van der Waals surface area contributed by atoms with Gasteiger partial charge in [-0.25, -0.2) is 15.0 Å². The molecule has 2 atom stereocenters. The summed E-state index contributed by atoms with van der Waals surface area (Å²) in [6.45, 7) is 7.18. The van der Waals surface area contributed by atoms with Crippen molar-refractivity contribution >= 4 is 69.7 Å². The van der Waals surface area contributed by atoms with Gasteiger partial charge < -0.3 is 26.2 Å². The van der Waals surface area contributed by atoms with Gasteiger partial charge in [0.25, 0.3) is 5.91 Å². The molecule has 2 aromatic heterocycles. The van der Waals surface area contributed by atoms with Gasteiger partial charge >= 0.3 is 0 Å². The second-order valence-corrected chi connectivity index (χ2v) is 15.6. The van der Waals surface area contributed by atoms with Crippen LogP contribution >= 0.6 is 35.0 Å². The van der Waals surface area contributed by atoms with Gasteiger partial charge in [-0.1, -0.05) is 47.0 Å². The first-order chi connectivity index (χ1) is 20.8. The Balaban J connectivity index is 1.39. The minimum atomic E-state index is -1.30. The van der Waals surface area contributed by atoms with Crippen molar-refractivity contribution in [3.05, 3.63) is 57.3 Å². The lowest BCUT2D eigenvalue weighted by Crippen LogP contribution is -2.50. The standard InChI is InChI=1S/C30H34Cl2N8O2S2/c1-29(2,3)44(42)39-23-19-15-17(6-8-21(41)35-4)5-7-18(19)16-30(23)10-13-40(14-11-30)27-24(32)37-28(26(34)38-27)43-20-9-12-36-25(33)22(20)31/h5,7,9,12,15,23,39H,10-11,13-14,16H2,1-4H3,(H2,33,36)(H2,34,38)(H,35,41)/t23-,44?/m1/s1. The van der Waals surface area contributed by atoms with E-state index in [4.69, 9.17) is 34.7 Å². The number of carbonyl (C=O) groups is 1. The first-order valence-corrected chi connectivity index (χ1v) is 16.7. The number of hydrogen-bond acceptors (Lipinski definition) is 10. The van der Waals surface area contributed by atoms with Gasteiger partial charge in [-0.2, -0.15) is 0 Å². The van der Waals surface area contributed by atoms with Gasteiger partial charge in [-0.3, -0.25) is 4.79 Å². The Morgan fingerprint density at radius 3 is 2.59 bits per heavy atom. The van der Waals surface area contributed by atoms with E-state index in [1.807, 2.05) is 32.9 Å². The van der Waals surface area contributed by atoms with Crippen LogP contribution in [-0.2, 0) is 22.6 Å². The molecule has 1 spiro atoms. The maximum absolute atomic E-state index is 13.4. The predicted molar refractivity (Wildman–Crippen MR) is 178 cm³/mol. The molecule has 0 bridgehead atoms. The molecule has 1 aromatic carbocycles. The Morgan fingerprint density at radius 1 is 1.18 bits per heavy atom. The molecule has 3 aromatic rings. The second-order valence-electron chi connectivity index (χ2n) is 11.8. The molecular formula is C30H34Cl2N8O2S2. The Hall–Kier alpha value is -2.92. The summed E-state index contributed by atoms with van der Waals surface area (Å²) < 4.78 is 16.4. The lowest BCUT2D eigenvalue weighted by Gasteiger charge is -2.44. The number of aromatic nitrogens is 3. The van der Waals surface area contributed by atoms with E-state index >= 15 is 0 Å². The summed E-state index contributed by atoms with van der Waals surface area (Å²) in [5, 5.41) is 3.51. The van der Waals surface area contributed by atoms with Crippen molar-refractivity contribution in [1.29, 1.82) is 0 Å². The van der Waals surface area contributed by atoms with E-state index in [-0.39, 0.29) is 34.2 Å². The summed E-state index contributed by atoms with van der Waals surface area (Å²) in [4.78, 5) is 27.6. The van der Waals surface area contributed by atoms with Gasteiger partial charge in [0.15, 0.2) is 16.8 Å². The number of anilines is 3. The first kappa shape index (κ1) is 32.5. The van der Waals surface area contributed by atoms with Crippen LogP contribution in [0.4, 0.5) is 17.5 Å². The van der Waals surface area contributed by atoms with E-state index in [1.165, 1.54) is 17.3 Å². The summed E-state index contributed by atoms with van der Waals surface area (Å²) in [6.07, 6.45) is 3.97. The number of pyridine rings is 1. The molecule has 14 heteroatoms. The number of nitrogens with one attached hydrogen (secondary N) is 2. The van der Waals surface area contributed by atoms with E-state index in [1.54, 1.807) is 19.3 Å². The second kappa shape index (κ2) is 12.8. The average molecular weight is 674 g/mol. The SMILES string of the molecule is CNC(=O)C#Cc1ccc2c(c1)[C@@H](N[S+]([O-])C(C)(C)C)C1(CCN(c3nc(N)c(Sc4ccnc(N)c4Cl)nc3Cl)CC1)C2. The maximum Gasteiger partial charge on any atom is 0.295 e. The highest BCUT2D eigenvalue weighted by molar-refractivity contribution is 7.99. The van der Waals surface area contributed by atoms with E-state index in [0.29, 0.717) is 33.9 Å². The largest absolute Gasteiger partial charge is 0.598 e. The molecule has 1 saturated heterocycles. The topological polar surface area (TPSA) is 158 Å². The first-order valence-electron chi connectivity index (χ1n) is 14.0. The fourth-order valence-corrected chi connectivity index (χ4v) is 7.80. The number of benzene rings is 1. The zero-order valence-electron chi connectivity index (χ0n) is 24.8. The zero-order valence-corrected chi connectivity index (χ0v) is 28.0. The van der Waals surface area contributed by atoms with Crippen LogP contribution in [0, 0.1) is 17.3 Å². The van der Waals surface area contributed by atoms with E-state index in [9.17, 15) is 9.35 Å². The number of amides is 1. The quantitative estimate of drug-likeness (QED) is 0.224. The van der Waals surface area contributed by atoms with Crippen LogP contribution in [0.25, 0.3) is 0 Å². The molecule has 5 rings (SSSR count). The van der Waals surface area contributed by atoms with Crippen molar-refractivity contribution in [2.24, 2.45) is 5.41 Å². The number of fused-ring (bicyclic) bond motifs is 1. The van der Waals surface area contributed by atoms with Crippen LogP contribution in [-0.4, -0.2) is 50.3 Å². The fourth-order valence-electron chi connectivity index (χ4n) is 5.51. The van der Waals surface area contributed by atoms with Crippen LogP contribution in [0.3, 0.4) is 0 Å². The molecule has 2 aliphatic rings. The summed E-state index contributed by atoms with van der Waals surface area (Å²) >= 11 is 12.9. The highest BCUT2D eigenvalue weighted by atomic mass is 35.5. The Bertz CT molecular complexity index is 1650. The highest BCUT2D eigenvalue weighted by Crippen LogP contribution is 2.53. The highest BCUT2D eigenvalue weighted by Gasteiger charge is 2.50. The number of nitrogen functional groups attached to an aromatic ring is 2. The van der Waals surface area contributed by atoms with Crippen LogP contribution in [0.1, 0.15) is 56.3 Å². The van der Waals surface area contributed by atoms with Gasteiger partial charge in [-0.15, -0.1) is 4.72 Å². The summed E-state index contributed by atoms with van der Waals surface area (Å²) in [6, 6.07) is 7.59. The van der Waals surface area contributed by atoms with Crippen molar-refractivity contribution < 1.29 is 9.35 Å². The van der Waals surface area contributed by atoms with Crippen molar-refractivity contribution in [1.82, 2.24) is 25.0 Å². The minimum Gasteiger partial charge on any atom is -0.598 e. The fraction of sp³-hybridized carbons (Fsp3) is 0.400. The molecular weight excluding hydrogens is 639 g/mol. The third kappa shape index (κ3) is 6.68. The molecule has 0 saturated carbocycles. The molecule has 232 valence electrons. The van der Waals surface area contributed by atoms with Crippen LogP contribution < -0.4 is 26.4 Å². The predicted octanol–water partition coefficient (Wildman–Crippen LogP) is 4.53. The average Bonchev–Trinajstić information content (AvgIpc) is 3.27. The van der Waals surface area contributed by atoms with Crippen molar-refractivity contribution in [2.75, 3.05) is 36.5 Å². The monoisotopic (exact) mass is 672 g/mol. The zero-order chi connectivity index (χ0) is 31.8. The van der Waals surface area contributed by atoms with Gasteiger partial charge in [0.2, 0.25) is 0 Å². The van der Waals surface area contributed by atoms with E-state index < -0.39 is 16.1 Å². The maximum atomic E-state index is 13.4. The summed E-state index contributed by atoms with van der Waals surface area (Å²) in [5.74, 6) is 6.19. The molecule has 44 heavy (non-hydrogen) atoms. The number of nitrogens with two attached hydrogens (primary N) is 2. The number of halogens is 2. The van der Waals surface area contributed by atoms with Gasteiger partial charge in [0.1, 0.15) is 15.6 Å². The van der Waals surface area contributed by atoms with Crippen molar-refractivity contribution in [2.45, 2.75) is 60.7 Å². The van der Waals surface area contributed by atoms with E-state index in [2.05, 4.69) is 47.8 Å². The molecule has 3 heterocycles. The number of nitrogens with zero attached hydrogens (tertiary/aromatic N) is 4. The molecule has 1 fully saturated rings. The number of piperidine rings is 1. The van der Waals surface area contributed by atoms with Gasteiger partial charge in [0.05, 0.1) is 11.1 Å². The molecule has 10 nitrogen and oxygen atoms in total. The van der Waals surface area contributed by atoms with Gasteiger partial charge in [0, 0.05) is 59.5 Å². The summed E-state index contributed by atoms with van der Waals surface area (Å²) in [5.41, 5.74) is 15.0. The number of carbonyl (C=O) groups excluding carboxylic acids is 1. The van der Waals surface area contributed by atoms with Crippen LogP contribution in [0.2, 0.25) is 10.2 Å². The van der Waals surface area contributed by atoms with Crippen LogP contribution in [0.5, 0.6) is 0 Å². The Labute approximate surface area is 274 Å². The molecule has 1 amide bonds. The number of rotatable bonds is 5. The Kier molecular flexibility index (Phi) is 9.47. The van der Waals surface area contributed by atoms with Crippen LogP contribution in [0.15, 0.2) is 40.4 Å². The van der Waals surface area contributed by atoms with Crippen molar-refractivity contribution in [3.63, 3.8) is 0 Å². The smallest absolute Gasteiger partial charge is 0.295 e.